The number of rotatable bonds is 4. The van der Waals surface area contributed by atoms with Gasteiger partial charge in [0.05, 0.1) is 10.0 Å². The highest BCUT2D eigenvalue weighted by molar-refractivity contribution is 7.87. The molecule has 0 saturated heterocycles. The summed E-state index contributed by atoms with van der Waals surface area (Å²) in [7, 11) is -5.08. The Balaban J connectivity index is 2.62. The van der Waals surface area contributed by atoms with Gasteiger partial charge in [0.2, 0.25) is 0 Å². The quantitative estimate of drug-likeness (QED) is 0.239. The fraction of sp³-hybridized carbons (Fsp3) is 0.0526. The smallest absolute Gasteiger partial charge is 0.283 e. The average Bonchev–Trinajstić information content (AvgIpc) is 2.65. The fourth-order valence-electron chi connectivity index (χ4n) is 3.19. The van der Waals surface area contributed by atoms with Crippen LogP contribution < -0.4 is 0 Å². The Morgan fingerprint density at radius 2 is 1.34 bits per heavy atom. The van der Waals surface area contributed by atoms with E-state index in [-0.39, 0.29) is 31.8 Å². The number of halogens is 4. The molecular formula is C19H12Cl4O5S. The van der Waals surface area contributed by atoms with Gasteiger partial charge in [-0.3, -0.25) is 4.55 Å². The third-order valence-corrected chi connectivity index (χ3v) is 7.29. The van der Waals surface area contributed by atoms with E-state index in [1.807, 2.05) is 0 Å². The van der Waals surface area contributed by atoms with E-state index in [0.717, 1.165) is 12.1 Å². The maximum atomic E-state index is 13.0. The molecule has 1 unspecified atom stereocenters. The van der Waals surface area contributed by atoms with Crippen LogP contribution in [0.15, 0.2) is 54.6 Å². The van der Waals surface area contributed by atoms with Crippen LogP contribution in [-0.2, 0) is 14.9 Å². The first-order chi connectivity index (χ1) is 13.5. The summed E-state index contributed by atoms with van der Waals surface area (Å²) in [6.45, 7) is 0. The summed E-state index contributed by atoms with van der Waals surface area (Å²) in [5, 5.41) is 19.8. The molecule has 0 aromatic heterocycles. The molecule has 0 aliphatic carbocycles. The maximum Gasteiger partial charge on any atom is 0.283 e. The molecule has 0 amide bonds. The van der Waals surface area contributed by atoms with Gasteiger partial charge < -0.3 is 10.2 Å². The van der Waals surface area contributed by atoms with E-state index in [1.165, 1.54) is 24.3 Å². The van der Waals surface area contributed by atoms with E-state index in [0.29, 0.717) is 0 Å². The molecule has 152 valence electrons. The van der Waals surface area contributed by atoms with Gasteiger partial charge in [0, 0.05) is 16.1 Å². The van der Waals surface area contributed by atoms with Crippen LogP contribution in [0.25, 0.3) is 0 Å². The van der Waals surface area contributed by atoms with Crippen LogP contribution in [0.3, 0.4) is 0 Å². The summed E-state index contributed by atoms with van der Waals surface area (Å²) < 4.78 is 34.0. The molecule has 3 N–H and O–H groups in total. The van der Waals surface area contributed by atoms with Crippen molar-refractivity contribution in [2.45, 2.75) is 4.75 Å². The van der Waals surface area contributed by atoms with E-state index in [1.54, 1.807) is 18.2 Å². The average molecular weight is 494 g/mol. The molecular weight excluding hydrogens is 482 g/mol. The van der Waals surface area contributed by atoms with Gasteiger partial charge >= 0.3 is 0 Å². The van der Waals surface area contributed by atoms with Gasteiger partial charge in [-0.2, -0.15) is 8.42 Å². The number of aromatic hydroxyl groups is 2. The number of phenolic OH excluding ortho intramolecular Hbond substituents is 2. The molecule has 5 nitrogen and oxygen atoms in total. The van der Waals surface area contributed by atoms with Crippen molar-refractivity contribution in [3.05, 3.63) is 91.4 Å². The Kier molecular flexibility index (Phi) is 5.98. The zero-order valence-corrected chi connectivity index (χ0v) is 18.1. The fourth-order valence-corrected chi connectivity index (χ4v) is 5.42. The zero-order valence-electron chi connectivity index (χ0n) is 14.3. The molecule has 3 aromatic carbocycles. The van der Waals surface area contributed by atoms with Gasteiger partial charge in [0.1, 0.15) is 16.5 Å². The highest BCUT2D eigenvalue weighted by Crippen LogP contribution is 2.52. The lowest BCUT2D eigenvalue weighted by Gasteiger charge is -2.34. The molecule has 0 aliphatic heterocycles. The lowest BCUT2D eigenvalue weighted by Crippen LogP contribution is -2.38. The van der Waals surface area contributed by atoms with Crippen LogP contribution in [0.2, 0.25) is 20.1 Å². The second-order valence-corrected chi connectivity index (χ2v) is 9.23. The molecule has 1 atom stereocenters. The van der Waals surface area contributed by atoms with Gasteiger partial charge in [0.25, 0.3) is 10.1 Å². The van der Waals surface area contributed by atoms with E-state index in [2.05, 4.69) is 0 Å². The maximum absolute atomic E-state index is 13.0. The predicted molar refractivity (Wildman–Crippen MR) is 114 cm³/mol. The predicted octanol–water partition coefficient (Wildman–Crippen LogP) is 5.89. The Morgan fingerprint density at radius 1 is 0.759 bits per heavy atom. The lowest BCUT2D eigenvalue weighted by molar-refractivity contribution is 0.431. The highest BCUT2D eigenvalue weighted by atomic mass is 35.5. The van der Waals surface area contributed by atoms with Crippen LogP contribution in [0.4, 0.5) is 0 Å². The second kappa shape index (κ2) is 7.87. The topological polar surface area (TPSA) is 94.8 Å². The van der Waals surface area contributed by atoms with Crippen LogP contribution in [0, 0.1) is 0 Å². The van der Waals surface area contributed by atoms with Crippen molar-refractivity contribution in [3.63, 3.8) is 0 Å². The van der Waals surface area contributed by atoms with E-state index in [4.69, 9.17) is 46.4 Å². The van der Waals surface area contributed by atoms with Gasteiger partial charge in [-0.25, -0.2) is 0 Å². The first-order valence-electron chi connectivity index (χ1n) is 7.90. The lowest BCUT2D eigenvalue weighted by atomic mass is 9.83. The largest absolute Gasteiger partial charge is 0.506 e. The molecule has 0 spiro atoms. The van der Waals surface area contributed by atoms with Gasteiger partial charge in [-0.05, 0) is 29.8 Å². The zero-order chi connectivity index (χ0) is 21.6. The van der Waals surface area contributed by atoms with Crippen molar-refractivity contribution >= 4 is 56.5 Å². The van der Waals surface area contributed by atoms with Crippen LogP contribution in [-0.4, -0.2) is 23.2 Å². The molecule has 0 fully saturated rings. The third kappa shape index (κ3) is 3.54. The molecule has 0 heterocycles. The molecule has 0 bridgehead atoms. The van der Waals surface area contributed by atoms with Crippen molar-refractivity contribution in [2.75, 3.05) is 0 Å². The number of benzene rings is 3. The summed E-state index contributed by atoms with van der Waals surface area (Å²) in [6, 6.07) is 12.2. The van der Waals surface area contributed by atoms with E-state index >= 15 is 0 Å². The van der Waals surface area contributed by atoms with Crippen molar-refractivity contribution in [1.29, 1.82) is 0 Å². The molecule has 0 saturated carbocycles. The highest BCUT2D eigenvalue weighted by Gasteiger charge is 2.51. The molecule has 0 radical (unpaired) electrons. The summed E-state index contributed by atoms with van der Waals surface area (Å²) >= 11 is 24.4. The minimum Gasteiger partial charge on any atom is -0.506 e. The number of hydrogen-bond acceptors (Lipinski definition) is 4. The van der Waals surface area contributed by atoms with Crippen molar-refractivity contribution in [1.82, 2.24) is 0 Å². The summed E-state index contributed by atoms with van der Waals surface area (Å²) in [5.41, 5.74) is -0.464. The van der Waals surface area contributed by atoms with Crippen LogP contribution in [0.5, 0.6) is 11.5 Å². The Hall–Kier alpha value is -1.67. The normalized spacial score (nSPS) is 13.8. The van der Waals surface area contributed by atoms with Crippen LogP contribution in [0.1, 0.15) is 16.7 Å². The standard InChI is InChI=1S/C19H12Cl4O5S/c20-13-9-15(22)14(21)8-12(13)19(29(26,27)28,10-4-2-1-3-5-10)11-6-7-16(24)17(23)18(11)25/h1-9,24-25H,(H,26,27,28). The monoisotopic (exact) mass is 492 g/mol. The number of hydrogen-bond donors (Lipinski definition) is 3. The summed E-state index contributed by atoms with van der Waals surface area (Å²) in [4.78, 5) is 0. The molecule has 3 aromatic rings. The van der Waals surface area contributed by atoms with Gasteiger partial charge in [-0.1, -0.05) is 76.7 Å². The summed E-state index contributed by atoms with van der Waals surface area (Å²) in [6.07, 6.45) is 0. The van der Waals surface area contributed by atoms with E-state index in [9.17, 15) is 23.2 Å². The second-order valence-electron chi connectivity index (χ2n) is 6.06. The molecule has 3 rings (SSSR count). The van der Waals surface area contributed by atoms with Crippen molar-refractivity contribution in [3.8, 4) is 11.5 Å². The van der Waals surface area contributed by atoms with Crippen molar-refractivity contribution in [2.24, 2.45) is 0 Å². The van der Waals surface area contributed by atoms with Crippen LogP contribution >= 0.6 is 46.4 Å². The first-order valence-corrected chi connectivity index (χ1v) is 10.9. The Morgan fingerprint density at radius 3 is 1.93 bits per heavy atom. The van der Waals surface area contributed by atoms with Gasteiger partial charge in [-0.15, -0.1) is 0 Å². The van der Waals surface area contributed by atoms with Gasteiger partial charge in [0.15, 0.2) is 4.75 Å². The molecule has 29 heavy (non-hydrogen) atoms. The number of phenols is 2. The summed E-state index contributed by atoms with van der Waals surface area (Å²) in [5.74, 6) is -1.24. The third-order valence-electron chi connectivity index (χ3n) is 4.43. The Bertz CT molecular complexity index is 1190. The first kappa shape index (κ1) is 22.0. The van der Waals surface area contributed by atoms with E-state index < -0.39 is 31.4 Å². The SMILES string of the molecule is O=S(=O)(O)C(c1ccccc1)(c1cc(Cl)c(Cl)cc1Cl)c1ccc(O)c(Cl)c1O. The minimum atomic E-state index is -5.08. The molecule has 0 aliphatic rings. The van der Waals surface area contributed by atoms with Crippen molar-refractivity contribution < 1.29 is 23.2 Å². The molecule has 10 heteroatoms. The Labute approximate surface area is 186 Å². The minimum absolute atomic E-state index is 0.0283.